The molecule has 9 heteroatoms. The van der Waals surface area contributed by atoms with Crippen molar-refractivity contribution in [3.05, 3.63) is 12.4 Å². The molecule has 0 amide bonds. The van der Waals surface area contributed by atoms with Crippen molar-refractivity contribution in [3.8, 4) is 0 Å². The van der Waals surface area contributed by atoms with Gasteiger partial charge in [0.15, 0.2) is 0 Å². The summed E-state index contributed by atoms with van der Waals surface area (Å²) in [6.07, 6.45) is -0.404. The van der Waals surface area contributed by atoms with Gasteiger partial charge in [0.1, 0.15) is 4.90 Å². The molecule has 0 aliphatic heterocycles. The van der Waals surface area contributed by atoms with Gasteiger partial charge in [-0.1, -0.05) is 0 Å². The molecular formula is C7H12F2N4O2S. The first kappa shape index (κ1) is 13.0. The summed E-state index contributed by atoms with van der Waals surface area (Å²) < 4.78 is 49.6. The van der Waals surface area contributed by atoms with Crippen molar-refractivity contribution in [2.24, 2.45) is 5.73 Å². The lowest BCUT2D eigenvalue weighted by Crippen LogP contribution is -2.28. The molecule has 0 aromatic carbocycles. The fourth-order valence-electron chi connectivity index (χ4n) is 0.994. The minimum Gasteiger partial charge on any atom is -0.329 e. The van der Waals surface area contributed by atoms with E-state index in [-0.39, 0.29) is 4.90 Å². The molecule has 0 bridgehead atoms. The maximum atomic E-state index is 11.8. The molecule has 3 N–H and O–H groups in total. The van der Waals surface area contributed by atoms with Crippen molar-refractivity contribution < 1.29 is 17.2 Å². The minimum atomic E-state index is -3.91. The van der Waals surface area contributed by atoms with Crippen LogP contribution in [0.4, 0.5) is 8.78 Å². The lowest BCUT2D eigenvalue weighted by molar-refractivity contribution is 0.153. The third-order valence-electron chi connectivity index (χ3n) is 1.71. The van der Waals surface area contributed by atoms with Crippen LogP contribution in [0.5, 0.6) is 0 Å². The van der Waals surface area contributed by atoms with Crippen LogP contribution in [0, 0.1) is 0 Å². The van der Waals surface area contributed by atoms with Crippen molar-refractivity contribution in [1.29, 1.82) is 0 Å². The van der Waals surface area contributed by atoms with Gasteiger partial charge in [0, 0.05) is 12.7 Å². The van der Waals surface area contributed by atoms with E-state index in [9.17, 15) is 17.2 Å². The third kappa shape index (κ3) is 3.51. The first-order valence-electron chi connectivity index (χ1n) is 4.46. The summed E-state index contributed by atoms with van der Waals surface area (Å²) in [5.41, 5.74) is 5.25. The van der Waals surface area contributed by atoms with Crippen LogP contribution in [-0.2, 0) is 16.6 Å². The Morgan fingerprint density at radius 3 is 2.81 bits per heavy atom. The molecule has 0 fully saturated rings. The molecule has 0 saturated heterocycles. The normalized spacial score (nSPS) is 12.2. The number of hydrogen-bond acceptors (Lipinski definition) is 4. The highest BCUT2D eigenvalue weighted by Gasteiger charge is 2.17. The molecule has 0 saturated carbocycles. The van der Waals surface area contributed by atoms with Crippen molar-refractivity contribution in [3.63, 3.8) is 0 Å². The van der Waals surface area contributed by atoms with Gasteiger partial charge in [0.2, 0.25) is 10.0 Å². The summed E-state index contributed by atoms with van der Waals surface area (Å²) in [7, 11) is -3.91. The van der Waals surface area contributed by atoms with Gasteiger partial charge < -0.3 is 5.73 Å². The standard InChI is InChI=1S/C7H12F2N4O2S/c8-7(9)4-12-16(14,15)6-3-11-13(5-6)2-1-10/h3,5,7,12H,1-2,4,10H2. The molecule has 16 heavy (non-hydrogen) atoms. The smallest absolute Gasteiger partial charge is 0.251 e. The van der Waals surface area contributed by atoms with Gasteiger partial charge in [-0.25, -0.2) is 21.9 Å². The average Bonchev–Trinajstić information content (AvgIpc) is 2.65. The van der Waals surface area contributed by atoms with E-state index in [0.29, 0.717) is 13.1 Å². The van der Waals surface area contributed by atoms with Gasteiger partial charge in [-0.15, -0.1) is 0 Å². The van der Waals surface area contributed by atoms with E-state index in [1.54, 1.807) is 4.72 Å². The van der Waals surface area contributed by atoms with E-state index in [1.807, 2.05) is 0 Å². The van der Waals surface area contributed by atoms with E-state index >= 15 is 0 Å². The topological polar surface area (TPSA) is 90.0 Å². The van der Waals surface area contributed by atoms with Gasteiger partial charge >= 0.3 is 0 Å². The van der Waals surface area contributed by atoms with Gasteiger partial charge in [-0.2, -0.15) is 5.10 Å². The molecule has 1 rings (SSSR count). The predicted octanol–water partition coefficient (Wildman–Crippen LogP) is -0.615. The number of hydrogen-bond donors (Lipinski definition) is 2. The molecule has 6 nitrogen and oxygen atoms in total. The largest absolute Gasteiger partial charge is 0.329 e. The zero-order chi connectivity index (χ0) is 12.2. The summed E-state index contributed by atoms with van der Waals surface area (Å²) >= 11 is 0. The number of nitrogens with one attached hydrogen (secondary N) is 1. The molecule has 92 valence electrons. The Balaban J connectivity index is 2.74. The lowest BCUT2D eigenvalue weighted by atomic mass is 10.6. The fraction of sp³-hybridized carbons (Fsp3) is 0.571. The second-order valence-corrected chi connectivity index (χ2v) is 4.74. The number of nitrogens with zero attached hydrogens (tertiary/aromatic N) is 2. The van der Waals surface area contributed by atoms with Crippen molar-refractivity contribution in [1.82, 2.24) is 14.5 Å². The number of aromatic nitrogens is 2. The molecule has 0 aliphatic rings. The summed E-state index contributed by atoms with van der Waals surface area (Å²) in [5.74, 6) is 0. The number of rotatable bonds is 6. The molecule has 1 aromatic heterocycles. The number of nitrogens with two attached hydrogens (primary N) is 1. The Kier molecular flexibility index (Phi) is 4.33. The number of halogens is 2. The maximum absolute atomic E-state index is 11.8. The van der Waals surface area contributed by atoms with E-state index in [2.05, 4.69) is 5.10 Å². The zero-order valence-electron chi connectivity index (χ0n) is 8.31. The molecular weight excluding hydrogens is 242 g/mol. The highest BCUT2D eigenvalue weighted by molar-refractivity contribution is 7.89. The first-order valence-corrected chi connectivity index (χ1v) is 5.94. The van der Waals surface area contributed by atoms with Gasteiger partial charge in [0.05, 0.1) is 19.3 Å². The second kappa shape index (κ2) is 5.32. The van der Waals surface area contributed by atoms with Crippen molar-refractivity contribution in [2.75, 3.05) is 13.1 Å². The molecule has 1 heterocycles. The Morgan fingerprint density at radius 2 is 2.25 bits per heavy atom. The molecule has 0 radical (unpaired) electrons. The molecule has 0 atom stereocenters. The quantitative estimate of drug-likeness (QED) is 0.708. The molecule has 0 spiro atoms. The predicted molar refractivity (Wildman–Crippen MR) is 52.5 cm³/mol. The average molecular weight is 254 g/mol. The summed E-state index contributed by atoms with van der Waals surface area (Å²) in [6.45, 7) is -0.236. The molecule has 0 aliphatic carbocycles. The fourth-order valence-corrected chi connectivity index (χ4v) is 1.95. The van der Waals surface area contributed by atoms with Crippen LogP contribution < -0.4 is 10.5 Å². The van der Waals surface area contributed by atoms with Gasteiger partial charge in [-0.05, 0) is 0 Å². The Hall–Kier alpha value is -1.06. The van der Waals surface area contributed by atoms with Crippen molar-refractivity contribution in [2.45, 2.75) is 17.9 Å². The second-order valence-electron chi connectivity index (χ2n) is 2.97. The Morgan fingerprint density at radius 1 is 1.56 bits per heavy atom. The highest BCUT2D eigenvalue weighted by atomic mass is 32.2. The molecule has 0 unspecified atom stereocenters. The zero-order valence-corrected chi connectivity index (χ0v) is 9.12. The summed E-state index contributed by atoms with van der Waals surface area (Å²) in [6, 6.07) is 0. The van der Waals surface area contributed by atoms with Gasteiger partial charge in [-0.3, -0.25) is 4.68 Å². The number of alkyl halides is 2. The first-order chi connectivity index (χ1) is 7.45. The Labute approximate surface area is 91.5 Å². The van der Waals surface area contributed by atoms with Crippen LogP contribution in [0.3, 0.4) is 0 Å². The Bertz CT molecular complexity index is 431. The van der Waals surface area contributed by atoms with Crippen LogP contribution in [0.1, 0.15) is 0 Å². The number of sulfonamides is 1. The van der Waals surface area contributed by atoms with Crippen LogP contribution in [0.2, 0.25) is 0 Å². The molecule has 1 aromatic rings. The van der Waals surface area contributed by atoms with Crippen LogP contribution >= 0.6 is 0 Å². The van der Waals surface area contributed by atoms with Crippen LogP contribution in [0.25, 0.3) is 0 Å². The SMILES string of the molecule is NCCn1cc(S(=O)(=O)NCC(F)F)cn1. The van der Waals surface area contributed by atoms with Gasteiger partial charge in [0.25, 0.3) is 6.43 Å². The monoisotopic (exact) mass is 254 g/mol. The van der Waals surface area contributed by atoms with E-state index in [1.165, 1.54) is 10.9 Å². The van der Waals surface area contributed by atoms with E-state index < -0.39 is 23.0 Å². The van der Waals surface area contributed by atoms with E-state index in [4.69, 9.17) is 5.73 Å². The minimum absolute atomic E-state index is 0.151. The highest BCUT2D eigenvalue weighted by Crippen LogP contribution is 2.06. The lowest BCUT2D eigenvalue weighted by Gasteiger charge is -2.02. The summed E-state index contributed by atoms with van der Waals surface area (Å²) in [4.78, 5) is -0.151. The van der Waals surface area contributed by atoms with Crippen molar-refractivity contribution >= 4 is 10.0 Å². The summed E-state index contributed by atoms with van der Waals surface area (Å²) in [5, 5.41) is 3.73. The maximum Gasteiger partial charge on any atom is 0.251 e. The van der Waals surface area contributed by atoms with Crippen LogP contribution in [0.15, 0.2) is 17.3 Å². The third-order valence-corrected chi connectivity index (χ3v) is 3.08. The van der Waals surface area contributed by atoms with E-state index in [0.717, 1.165) is 6.20 Å². The van der Waals surface area contributed by atoms with Crippen LogP contribution in [-0.4, -0.2) is 37.7 Å².